The van der Waals surface area contributed by atoms with Crippen LogP contribution < -0.4 is 15.0 Å². The van der Waals surface area contributed by atoms with Crippen LogP contribution in [0, 0.1) is 5.92 Å². The fourth-order valence-corrected chi connectivity index (χ4v) is 3.29. The summed E-state index contributed by atoms with van der Waals surface area (Å²) in [6, 6.07) is 7.23. The van der Waals surface area contributed by atoms with Crippen LogP contribution in [-0.4, -0.2) is 49.6 Å². The first-order valence-corrected chi connectivity index (χ1v) is 8.56. The lowest BCUT2D eigenvalue weighted by Crippen LogP contribution is -2.48. The van der Waals surface area contributed by atoms with Gasteiger partial charge in [-0.3, -0.25) is 4.79 Å². The van der Waals surface area contributed by atoms with Gasteiger partial charge < -0.3 is 19.9 Å². The number of anilines is 1. The van der Waals surface area contributed by atoms with Gasteiger partial charge in [-0.25, -0.2) is 4.79 Å². The second-order valence-electron chi connectivity index (χ2n) is 6.72. The number of benzene rings is 1. The summed E-state index contributed by atoms with van der Waals surface area (Å²) in [5.74, 6) is 1.49. The number of nitrogens with one attached hydrogen (secondary N) is 1. The summed E-state index contributed by atoms with van der Waals surface area (Å²) < 4.78 is 5.14. The first kappa shape index (κ1) is 16.6. The molecule has 1 atom stereocenters. The number of carbonyl (C=O) groups is 2. The Morgan fingerprint density at radius 2 is 1.88 bits per heavy atom. The molecule has 6 nitrogen and oxygen atoms in total. The van der Waals surface area contributed by atoms with Gasteiger partial charge in [-0.2, -0.15) is 0 Å². The molecular formula is C18H25N3O3. The Kier molecular flexibility index (Phi) is 4.92. The molecule has 1 N–H and O–H groups in total. The molecule has 0 radical (unpaired) electrons. The van der Waals surface area contributed by atoms with E-state index >= 15 is 0 Å². The Labute approximate surface area is 142 Å². The monoisotopic (exact) mass is 331 g/mol. The van der Waals surface area contributed by atoms with Gasteiger partial charge in [0, 0.05) is 31.7 Å². The summed E-state index contributed by atoms with van der Waals surface area (Å²) in [7, 11) is 1.61. The highest BCUT2D eigenvalue weighted by Crippen LogP contribution is 2.24. The maximum atomic E-state index is 12.4. The Hall–Kier alpha value is -2.24. The van der Waals surface area contributed by atoms with Gasteiger partial charge in [0.05, 0.1) is 13.2 Å². The van der Waals surface area contributed by atoms with Crippen molar-refractivity contribution in [2.45, 2.75) is 32.2 Å². The third kappa shape index (κ3) is 3.63. The number of rotatable bonds is 3. The zero-order valence-corrected chi connectivity index (χ0v) is 14.3. The van der Waals surface area contributed by atoms with Gasteiger partial charge in [0.1, 0.15) is 5.75 Å². The van der Waals surface area contributed by atoms with Crippen molar-refractivity contribution >= 4 is 17.6 Å². The first-order chi connectivity index (χ1) is 11.6. The predicted octanol–water partition coefficient (Wildman–Crippen LogP) is 2.24. The Bertz CT molecular complexity index is 594. The lowest BCUT2D eigenvalue weighted by molar-refractivity contribution is -0.117. The molecule has 3 amide bonds. The topological polar surface area (TPSA) is 61.9 Å². The quantitative estimate of drug-likeness (QED) is 0.924. The molecule has 2 heterocycles. The van der Waals surface area contributed by atoms with Crippen molar-refractivity contribution in [1.29, 1.82) is 0 Å². The molecular weight excluding hydrogens is 306 g/mol. The van der Waals surface area contributed by atoms with Crippen LogP contribution in [0.25, 0.3) is 0 Å². The van der Waals surface area contributed by atoms with Gasteiger partial charge in [0.25, 0.3) is 0 Å². The molecule has 130 valence electrons. The van der Waals surface area contributed by atoms with Crippen LogP contribution in [0.5, 0.6) is 5.75 Å². The molecule has 0 bridgehead atoms. The molecule has 1 aromatic rings. The third-order valence-corrected chi connectivity index (χ3v) is 4.91. The van der Waals surface area contributed by atoms with E-state index in [1.54, 1.807) is 12.0 Å². The van der Waals surface area contributed by atoms with Crippen LogP contribution in [0.4, 0.5) is 10.5 Å². The Morgan fingerprint density at radius 1 is 1.21 bits per heavy atom. The molecule has 6 heteroatoms. The molecule has 1 aromatic carbocycles. The Balaban J connectivity index is 1.57. The van der Waals surface area contributed by atoms with Crippen LogP contribution in [0.15, 0.2) is 24.3 Å². The van der Waals surface area contributed by atoms with E-state index in [-0.39, 0.29) is 18.0 Å². The van der Waals surface area contributed by atoms with Gasteiger partial charge in [0.15, 0.2) is 0 Å². The second kappa shape index (κ2) is 7.11. The van der Waals surface area contributed by atoms with Crippen molar-refractivity contribution < 1.29 is 14.3 Å². The minimum atomic E-state index is -0.133. The van der Waals surface area contributed by atoms with Crippen molar-refractivity contribution in [2.75, 3.05) is 31.6 Å². The van der Waals surface area contributed by atoms with E-state index in [4.69, 9.17) is 4.74 Å². The van der Waals surface area contributed by atoms with Crippen molar-refractivity contribution in [3.8, 4) is 5.75 Å². The van der Waals surface area contributed by atoms with Gasteiger partial charge in [-0.05, 0) is 43.0 Å². The minimum Gasteiger partial charge on any atom is -0.497 e. The normalized spacial score (nSPS) is 21.9. The van der Waals surface area contributed by atoms with Crippen molar-refractivity contribution in [1.82, 2.24) is 10.2 Å². The van der Waals surface area contributed by atoms with Crippen LogP contribution in [0.1, 0.15) is 26.2 Å². The number of carbonyl (C=O) groups excluding carboxylic acids is 2. The average molecular weight is 331 g/mol. The summed E-state index contributed by atoms with van der Waals surface area (Å²) in [6.07, 6.45) is 2.45. The van der Waals surface area contributed by atoms with E-state index in [0.29, 0.717) is 18.9 Å². The zero-order chi connectivity index (χ0) is 17.1. The smallest absolute Gasteiger partial charge is 0.317 e. The van der Waals surface area contributed by atoms with E-state index in [0.717, 1.165) is 37.4 Å². The molecule has 24 heavy (non-hydrogen) atoms. The van der Waals surface area contributed by atoms with Crippen LogP contribution in [0.3, 0.4) is 0 Å². The molecule has 2 saturated heterocycles. The zero-order valence-electron chi connectivity index (χ0n) is 14.3. The summed E-state index contributed by atoms with van der Waals surface area (Å²) in [4.78, 5) is 28.2. The Morgan fingerprint density at radius 3 is 2.50 bits per heavy atom. The summed E-state index contributed by atoms with van der Waals surface area (Å²) >= 11 is 0. The van der Waals surface area contributed by atoms with E-state index < -0.39 is 0 Å². The lowest BCUT2D eigenvalue weighted by Gasteiger charge is -2.31. The number of likely N-dealkylation sites (tertiary alicyclic amines) is 1. The largest absolute Gasteiger partial charge is 0.497 e. The van der Waals surface area contributed by atoms with E-state index in [1.807, 2.05) is 29.2 Å². The number of piperidine rings is 1. The maximum Gasteiger partial charge on any atom is 0.317 e. The SMILES string of the molecule is COc1ccc(N2C[C@@H](NC(=O)N3CCC(C)CC3)CC2=O)cc1. The average Bonchev–Trinajstić information content (AvgIpc) is 2.95. The molecule has 0 aliphatic carbocycles. The third-order valence-electron chi connectivity index (χ3n) is 4.91. The molecule has 0 spiro atoms. The highest BCUT2D eigenvalue weighted by Gasteiger charge is 2.33. The number of amides is 3. The number of ether oxygens (including phenoxy) is 1. The number of hydrogen-bond donors (Lipinski definition) is 1. The summed E-state index contributed by atoms with van der Waals surface area (Å²) in [6.45, 7) is 4.34. The summed E-state index contributed by atoms with van der Waals surface area (Å²) in [5, 5.41) is 3.02. The highest BCUT2D eigenvalue weighted by atomic mass is 16.5. The van der Waals surface area contributed by atoms with Crippen LogP contribution >= 0.6 is 0 Å². The number of nitrogens with zero attached hydrogens (tertiary/aromatic N) is 2. The summed E-state index contributed by atoms with van der Waals surface area (Å²) in [5.41, 5.74) is 0.837. The molecule has 2 aliphatic heterocycles. The minimum absolute atomic E-state index is 0.0396. The number of methoxy groups -OCH3 is 1. The van der Waals surface area contributed by atoms with E-state index in [9.17, 15) is 9.59 Å². The maximum absolute atomic E-state index is 12.4. The van der Waals surface area contributed by atoms with E-state index in [1.165, 1.54) is 0 Å². The van der Waals surface area contributed by atoms with Crippen molar-refractivity contribution in [2.24, 2.45) is 5.92 Å². The molecule has 0 unspecified atom stereocenters. The molecule has 2 fully saturated rings. The van der Waals surface area contributed by atoms with Gasteiger partial charge in [-0.15, -0.1) is 0 Å². The van der Waals surface area contributed by atoms with Crippen molar-refractivity contribution in [3.05, 3.63) is 24.3 Å². The number of hydrogen-bond acceptors (Lipinski definition) is 3. The lowest BCUT2D eigenvalue weighted by atomic mass is 10.00. The fraction of sp³-hybridized carbons (Fsp3) is 0.556. The highest BCUT2D eigenvalue weighted by molar-refractivity contribution is 5.96. The molecule has 2 aliphatic rings. The van der Waals surface area contributed by atoms with Crippen LogP contribution in [-0.2, 0) is 4.79 Å². The first-order valence-electron chi connectivity index (χ1n) is 8.56. The fourth-order valence-electron chi connectivity index (χ4n) is 3.29. The van der Waals surface area contributed by atoms with Gasteiger partial charge in [0.2, 0.25) is 5.91 Å². The second-order valence-corrected chi connectivity index (χ2v) is 6.72. The van der Waals surface area contributed by atoms with Gasteiger partial charge >= 0.3 is 6.03 Å². The molecule has 0 saturated carbocycles. The van der Waals surface area contributed by atoms with Gasteiger partial charge in [-0.1, -0.05) is 6.92 Å². The predicted molar refractivity (Wildman–Crippen MR) is 92.3 cm³/mol. The number of urea groups is 1. The van der Waals surface area contributed by atoms with Crippen LogP contribution in [0.2, 0.25) is 0 Å². The molecule has 3 rings (SSSR count). The molecule has 0 aromatic heterocycles. The van der Waals surface area contributed by atoms with Crippen molar-refractivity contribution in [3.63, 3.8) is 0 Å². The standard InChI is InChI=1S/C18H25N3O3/c1-13-7-9-20(10-8-13)18(23)19-14-11-17(22)21(12-14)15-3-5-16(24-2)6-4-15/h3-6,13-14H,7-12H2,1-2H3,(H,19,23)/t14-/m0/s1. The van der Waals surface area contributed by atoms with E-state index in [2.05, 4.69) is 12.2 Å².